The largest absolute Gasteiger partial charge is 0.416 e. The van der Waals surface area contributed by atoms with Gasteiger partial charge in [0.15, 0.2) is 0 Å². The number of nitrogens with zero attached hydrogens (tertiary/aromatic N) is 1. The quantitative estimate of drug-likeness (QED) is 0.836. The molecule has 1 heterocycles. The Morgan fingerprint density at radius 2 is 2.11 bits per heavy atom. The molecule has 0 saturated heterocycles. The molecule has 1 atom stereocenters. The second kappa shape index (κ2) is 4.19. The SMILES string of the molecule is CN1c2cc(C(F)(F)F)ccc2CCC1C(N)=O. The number of alkyl halides is 3. The molecular formula is C12H13F3N2O. The third-order valence-electron chi connectivity index (χ3n) is 3.28. The Balaban J connectivity index is 2.43. The number of hydrogen-bond acceptors (Lipinski definition) is 2. The fourth-order valence-corrected chi connectivity index (χ4v) is 2.27. The zero-order chi connectivity index (χ0) is 13.5. The Morgan fingerprint density at radius 1 is 1.44 bits per heavy atom. The van der Waals surface area contributed by atoms with Crippen molar-refractivity contribution in [2.75, 3.05) is 11.9 Å². The van der Waals surface area contributed by atoms with Crippen LogP contribution >= 0.6 is 0 Å². The minimum atomic E-state index is -4.38. The van der Waals surface area contributed by atoms with Crippen molar-refractivity contribution in [2.24, 2.45) is 5.73 Å². The number of aryl methyl sites for hydroxylation is 1. The van der Waals surface area contributed by atoms with Gasteiger partial charge < -0.3 is 10.6 Å². The van der Waals surface area contributed by atoms with Crippen LogP contribution in [-0.2, 0) is 17.4 Å². The van der Waals surface area contributed by atoms with Crippen LogP contribution in [0.4, 0.5) is 18.9 Å². The lowest BCUT2D eigenvalue weighted by atomic mass is 9.94. The summed E-state index contributed by atoms with van der Waals surface area (Å²) in [4.78, 5) is 12.7. The van der Waals surface area contributed by atoms with E-state index >= 15 is 0 Å². The maximum atomic E-state index is 12.6. The van der Waals surface area contributed by atoms with Crippen LogP contribution in [0.3, 0.4) is 0 Å². The Morgan fingerprint density at radius 3 is 2.67 bits per heavy atom. The minimum absolute atomic E-state index is 0.430. The van der Waals surface area contributed by atoms with Crippen LogP contribution in [0, 0.1) is 0 Å². The molecule has 3 nitrogen and oxygen atoms in total. The molecule has 18 heavy (non-hydrogen) atoms. The first-order valence-corrected chi connectivity index (χ1v) is 5.53. The van der Waals surface area contributed by atoms with E-state index in [4.69, 9.17) is 5.73 Å². The summed E-state index contributed by atoms with van der Waals surface area (Å²) in [6.07, 6.45) is -3.29. The summed E-state index contributed by atoms with van der Waals surface area (Å²) in [6.45, 7) is 0. The van der Waals surface area contributed by atoms with Crippen molar-refractivity contribution >= 4 is 11.6 Å². The molecule has 0 aromatic heterocycles. The molecule has 0 saturated carbocycles. The van der Waals surface area contributed by atoms with Crippen LogP contribution in [0.5, 0.6) is 0 Å². The monoisotopic (exact) mass is 258 g/mol. The van der Waals surface area contributed by atoms with Crippen molar-refractivity contribution < 1.29 is 18.0 Å². The van der Waals surface area contributed by atoms with Crippen molar-refractivity contribution in [3.63, 3.8) is 0 Å². The number of hydrogen-bond donors (Lipinski definition) is 1. The molecule has 2 N–H and O–H groups in total. The van der Waals surface area contributed by atoms with Crippen LogP contribution in [0.1, 0.15) is 17.5 Å². The maximum Gasteiger partial charge on any atom is 0.416 e. The lowest BCUT2D eigenvalue weighted by Gasteiger charge is -2.34. The molecule has 1 aromatic carbocycles. The second-order valence-electron chi connectivity index (χ2n) is 4.41. The van der Waals surface area contributed by atoms with E-state index in [9.17, 15) is 18.0 Å². The zero-order valence-electron chi connectivity index (χ0n) is 9.79. The Labute approximate surface area is 102 Å². The van der Waals surface area contributed by atoms with Crippen LogP contribution in [0.2, 0.25) is 0 Å². The molecule has 0 aliphatic carbocycles. The first kappa shape index (κ1) is 12.7. The number of benzene rings is 1. The number of carbonyl (C=O) groups excluding carboxylic acids is 1. The fraction of sp³-hybridized carbons (Fsp3) is 0.417. The molecule has 1 amide bonds. The van der Waals surface area contributed by atoms with Gasteiger partial charge in [-0.05, 0) is 30.5 Å². The normalized spacial score (nSPS) is 19.6. The smallest absolute Gasteiger partial charge is 0.368 e. The van der Waals surface area contributed by atoms with Gasteiger partial charge in [0.05, 0.1) is 5.56 Å². The molecule has 1 aliphatic rings. The number of primary amides is 1. The number of nitrogens with two attached hydrogens (primary N) is 1. The van der Waals surface area contributed by atoms with E-state index in [1.165, 1.54) is 11.0 Å². The predicted molar refractivity (Wildman–Crippen MR) is 61.2 cm³/mol. The summed E-state index contributed by atoms with van der Waals surface area (Å²) in [5, 5.41) is 0. The molecule has 1 unspecified atom stereocenters. The number of anilines is 1. The van der Waals surface area contributed by atoms with Crippen molar-refractivity contribution in [3.05, 3.63) is 29.3 Å². The molecule has 1 aromatic rings. The van der Waals surface area contributed by atoms with Gasteiger partial charge in [0.2, 0.25) is 5.91 Å². The highest BCUT2D eigenvalue weighted by atomic mass is 19.4. The summed E-state index contributed by atoms with van der Waals surface area (Å²) in [6, 6.07) is 3.06. The summed E-state index contributed by atoms with van der Waals surface area (Å²) in [5.74, 6) is -0.513. The van der Waals surface area contributed by atoms with E-state index in [1.807, 2.05) is 0 Å². The second-order valence-corrected chi connectivity index (χ2v) is 4.41. The van der Waals surface area contributed by atoms with Crippen molar-refractivity contribution in [3.8, 4) is 0 Å². The predicted octanol–water partition coefficient (Wildman–Crippen LogP) is 1.94. The molecule has 1 aliphatic heterocycles. The van der Waals surface area contributed by atoms with Gasteiger partial charge in [0, 0.05) is 12.7 Å². The Hall–Kier alpha value is -1.72. The van der Waals surface area contributed by atoms with Crippen LogP contribution < -0.4 is 10.6 Å². The van der Waals surface area contributed by atoms with Crippen molar-refractivity contribution in [1.82, 2.24) is 0 Å². The summed E-state index contributed by atoms with van der Waals surface area (Å²) in [7, 11) is 1.59. The highest BCUT2D eigenvalue weighted by molar-refractivity contribution is 5.84. The molecule has 0 spiro atoms. The molecular weight excluding hydrogens is 245 g/mol. The lowest BCUT2D eigenvalue weighted by molar-refractivity contribution is -0.137. The van der Waals surface area contributed by atoms with Crippen molar-refractivity contribution in [2.45, 2.75) is 25.1 Å². The van der Waals surface area contributed by atoms with Crippen LogP contribution in [-0.4, -0.2) is 19.0 Å². The van der Waals surface area contributed by atoms with Crippen LogP contribution in [0.25, 0.3) is 0 Å². The van der Waals surface area contributed by atoms with Gasteiger partial charge in [0.1, 0.15) is 6.04 Å². The number of fused-ring (bicyclic) bond motifs is 1. The standard InChI is InChI=1S/C12H13F3N2O/c1-17-9(11(16)18)5-3-7-2-4-8(6-10(7)17)12(13,14)15/h2,4,6,9H,3,5H2,1H3,(H2,16,18). The molecule has 98 valence electrons. The van der Waals surface area contributed by atoms with E-state index in [-0.39, 0.29) is 0 Å². The van der Waals surface area contributed by atoms with Crippen molar-refractivity contribution in [1.29, 1.82) is 0 Å². The number of amides is 1. The fourth-order valence-electron chi connectivity index (χ4n) is 2.27. The highest BCUT2D eigenvalue weighted by Crippen LogP contribution is 2.36. The molecule has 0 radical (unpaired) electrons. The molecule has 2 rings (SSSR count). The van der Waals surface area contributed by atoms with E-state index in [1.54, 1.807) is 7.05 Å². The highest BCUT2D eigenvalue weighted by Gasteiger charge is 2.34. The molecule has 6 heteroatoms. The minimum Gasteiger partial charge on any atom is -0.368 e. The summed E-state index contributed by atoms with van der Waals surface area (Å²) < 4.78 is 37.9. The maximum absolute atomic E-state index is 12.6. The number of rotatable bonds is 1. The summed E-state index contributed by atoms with van der Waals surface area (Å²) in [5.41, 5.74) is 5.76. The Kier molecular flexibility index (Phi) is 2.96. The topological polar surface area (TPSA) is 46.3 Å². The average Bonchev–Trinajstić information content (AvgIpc) is 2.27. The molecule has 0 fully saturated rings. The van der Waals surface area contributed by atoms with Gasteiger partial charge in [-0.1, -0.05) is 6.07 Å². The summed E-state index contributed by atoms with van der Waals surface area (Å²) >= 11 is 0. The van der Waals surface area contributed by atoms with Gasteiger partial charge >= 0.3 is 6.18 Å². The van der Waals surface area contributed by atoms with Gasteiger partial charge in [-0.2, -0.15) is 13.2 Å². The number of carbonyl (C=O) groups is 1. The van der Waals surface area contributed by atoms with E-state index in [0.29, 0.717) is 18.5 Å². The van der Waals surface area contributed by atoms with Gasteiger partial charge in [-0.15, -0.1) is 0 Å². The van der Waals surface area contributed by atoms with Gasteiger partial charge in [-0.3, -0.25) is 4.79 Å². The third kappa shape index (κ3) is 2.14. The van der Waals surface area contributed by atoms with E-state index in [2.05, 4.69) is 0 Å². The average molecular weight is 258 g/mol. The number of halogens is 3. The van der Waals surface area contributed by atoms with Gasteiger partial charge in [0.25, 0.3) is 0 Å². The lowest BCUT2D eigenvalue weighted by Crippen LogP contribution is -2.45. The van der Waals surface area contributed by atoms with Gasteiger partial charge in [-0.25, -0.2) is 0 Å². The third-order valence-corrected chi connectivity index (χ3v) is 3.28. The van der Waals surface area contributed by atoms with E-state index in [0.717, 1.165) is 17.7 Å². The van der Waals surface area contributed by atoms with Crippen LogP contribution in [0.15, 0.2) is 18.2 Å². The zero-order valence-corrected chi connectivity index (χ0v) is 9.79. The first-order valence-electron chi connectivity index (χ1n) is 5.53. The number of likely N-dealkylation sites (N-methyl/N-ethyl adjacent to an activating group) is 1. The first-order chi connectivity index (χ1) is 8.30. The van der Waals surface area contributed by atoms with E-state index < -0.39 is 23.7 Å². The molecule has 0 bridgehead atoms. The Bertz CT molecular complexity index is 485.